The molecule has 0 aliphatic heterocycles. The van der Waals surface area contributed by atoms with Crippen molar-refractivity contribution >= 4 is 40.3 Å². The van der Waals surface area contributed by atoms with Gasteiger partial charge in [-0.3, -0.25) is 4.79 Å². The number of hydrogen-bond donors (Lipinski definition) is 1. The molecular weight excluding hydrogens is 342 g/mol. The number of carbonyl (C=O) groups is 1. The summed E-state index contributed by atoms with van der Waals surface area (Å²) < 4.78 is 11.1. The van der Waals surface area contributed by atoms with Gasteiger partial charge in [0.15, 0.2) is 0 Å². The van der Waals surface area contributed by atoms with Crippen molar-refractivity contribution < 1.29 is 13.9 Å². The first-order chi connectivity index (χ1) is 11.5. The maximum atomic E-state index is 12.5. The van der Waals surface area contributed by atoms with Crippen molar-refractivity contribution in [3.63, 3.8) is 0 Å². The van der Waals surface area contributed by atoms with E-state index in [0.29, 0.717) is 40.0 Å². The second kappa shape index (κ2) is 7.68. The first kappa shape index (κ1) is 19.0. The molecule has 3 rings (SSSR count). The first-order valence-corrected chi connectivity index (χ1v) is 7.88. The van der Waals surface area contributed by atoms with E-state index in [9.17, 15) is 9.59 Å². The largest absolute Gasteiger partial charge is 0.456 e. The second-order valence-electron chi connectivity index (χ2n) is 6.24. The van der Waals surface area contributed by atoms with E-state index in [1.165, 1.54) is 0 Å². The molecule has 2 aromatic carbocycles. The Morgan fingerprint density at radius 1 is 1.12 bits per heavy atom. The number of carbonyl (C=O) groups excluding carboxylic acids is 1. The first-order valence-electron chi connectivity index (χ1n) is 7.88. The smallest absolute Gasteiger partial charge is 0.328 e. The molecule has 0 saturated carbocycles. The van der Waals surface area contributed by atoms with Crippen molar-refractivity contribution in [2.45, 2.75) is 26.3 Å². The maximum absolute atomic E-state index is 12.5. The molecular formula is C19H20ClNO4. The van der Waals surface area contributed by atoms with Gasteiger partial charge in [-0.1, -0.05) is 26.0 Å². The minimum Gasteiger partial charge on any atom is -0.456 e. The van der Waals surface area contributed by atoms with Gasteiger partial charge in [-0.2, -0.15) is 0 Å². The number of fused-ring (bicyclic) bond motifs is 2. The number of halogens is 1. The second-order valence-corrected chi connectivity index (χ2v) is 6.24. The highest BCUT2D eigenvalue weighted by molar-refractivity contribution is 5.90. The van der Waals surface area contributed by atoms with Crippen LogP contribution in [0, 0.1) is 5.92 Å². The Kier molecular flexibility index (Phi) is 5.82. The van der Waals surface area contributed by atoms with Crippen LogP contribution in [0.5, 0.6) is 5.75 Å². The molecule has 25 heavy (non-hydrogen) atoms. The summed E-state index contributed by atoms with van der Waals surface area (Å²) in [5, 5.41) is 0.966. The fraction of sp³-hybridized carbons (Fsp3) is 0.263. The van der Waals surface area contributed by atoms with Gasteiger partial charge in [0, 0.05) is 6.07 Å². The number of para-hydroxylation sites is 1. The molecule has 0 saturated heterocycles. The highest BCUT2D eigenvalue weighted by Crippen LogP contribution is 2.23. The average Bonchev–Trinajstić information content (AvgIpc) is 2.54. The Labute approximate surface area is 151 Å². The van der Waals surface area contributed by atoms with Crippen LogP contribution in [0.25, 0.3) is 21.9 Å². The fourth-order valence-corrected chi connectivity index (χ4v) is 2.64. The highest BCUT2D eigenvalue weighted by Gasteiger charge is 2.18. The van der Waals surface area contributed by atoms with E-state index in [0.717, 1.165) is 0 Å². The Morgan fingerprint density at radius 2 is 1.80 bits per heavy atom. The van der Waals surface area contributed by atoms with Gasteiger partial charge >= 0.3 is 5.97 Å². The van der Waals surface area contributed by atoms with Gasteiger partial charge in [0.25, 0.3) is 0 Å². The van der Waals surface area contributed by atoms with Gasteiger partial charge in [0.1, 0.15) is 23.0 Å². The van der Waals surface area contributed by atoms with Gasteiger partial charge in [0.2, 0.25) is 5.43 Å². The summed E-state index contributed by atoms with van der Waals surface area (Å²) in [6, 6.07) is 11.1. The summed E-state index contributed by atoms with van der Waals surface area (Å²) in [7, 11) is 0. The number of nitrogens with two attached hydrogens (primary N) is 1. The zero-order valence-corrected chi connectivity index (χ0v) is 14.8. The van der Waals surface area contributed by atoms with E-state index in [1.807, 2.05) is 13.8 Å². The van der Waals surface area contributed by atoms with E-state index in [2.05, 4.69) is 0 Å². The lowest BCUT2D eigenvalue weighted by atomic mass is 10.1. The molecule has 0 fully saturated rings. The molecule has 0 bridgehead atoms. The number of ether oxygens (including phenoxy) is 1. The van der Waals surface area contributed by atoms with E-state index >= 15 is 0 Å². The average molecular weight is 362 g/mol. The molecule has 0 aliphatic rings. The summed E-state index contributed by atoms with van der Waals surface area (Å²) in [5.41, 5.74) is 6.59. The molecule has 0 amide bonds. The number of hydrogen-bond acceptors (Lipinski definition) is 5. The van der Waals surface area contributed by atoms with Crippen molar-refractivity contribution in [3.05, 3.63) is 52.7 Å². The Morgan fingerprint density at radius 3 is 2.52 bits per heavy atom. The van der Waals surface area contributed by atoms with Crippen molar-refractivity contribution in [1.29, 1.82) is 0 Å². The molecule has 3 aromatic rings. The SMILES string of the molecule is CC(C)C[C@H](N)C(=O)Oc1ccc2c(=O)c3ccccc3oc2c1.Cl. The van der Waals surface area contributed by atoms with Crippen molar-refractivity contribution in [3.8, 4) is 5.75 Å². The highest BCUT2D eigenvalue weighted by atomic mass is 35.5. The number of rotatable bonds is 4. The molecule has 0 spiro atoms. The van der Waals surface area contributed by atoms with Crippen molar-refractivity contribution in [2.24, 2.45) is 11.7 Å². The standard InChI is InChI=1S/C19H19NO4.ClH/c1-11(2)9-15(20)19(22)23-12-7-8-14-17(10-12)24-16-6-4-3-5-13(16)18(14)21;/h3-8,10-11,15H,9,20H2,1-2H3;1H/t15-;/m0./s1. The van der Waals surface area contributed by atoms with Crippen molar-refractivity contribution in [1.82, 2.24) is 0 Å². The third-order valence-corrected chi connectivity index (χ3v) is 3.80. The fourth-order valence-electron chi connectivity index (χ4n) is 2.64. The third kappa shape index (κ3) is 4.00. The van der Waals surface area contributed by atoms with E-state index < -0.39 is 12.0 Å². The lowest BCUT2D eigenvalue weighted by Gasteiger charge is -2.13. The molecule has 6 heteroatoms. The summed E-state index contributed by atoms with van der Waals surface area (Å²) in [4.78, 5) is 24.5. The van der Waals surface area contributed by atoms with Gasteiger partial charge < -0.3 is 14.9 Å². The molecule has 0 unspecified atom stereocenters. The minimum atomic E-state index is -0.677. The van der Waals surface area contributed by atoms with Crippen LogP contribution >= 0.6 is 12.4 Å². The summed E-state index contributed by atoms with van der Waals surface area (Å²) in [6.45, 7) is 3.98. The summed E-state index contributed by atoms with van der Waals surface area (Å²) in [5.74, 6) is 0.116. The topological polar surface area (TPSA) is 82.5 Å². The normalized spacial score (nSPS) is 12.2. The molecule has 0 radical (unpaired) electrons. The van der Waals surface area contributed by atoms with Crippen LogP contribution in [0.1, 0.15) is 20.3 Å². The van der Waals surface area contributed by atoms with Crippen LogP contribution in [-0.4, -0.2) is 12.0 Å². The lowest BCUT2D eigenvalue weighted by molar-refractivity contribution is -0.136. The predicted octanol–water partition coefficient (Wildman–Crippen LogP) is 3.65. The van der Waals surface area contributed by atoms with Crippen LogP contribution in [0.15, 0.2) is 51.7 Å². The molecule has 132 valence electrons. The van der Waals surface area contributed by atoms with Crippen molar-refractivity contribution in [2.75, 3.05) is 0 Å². The Balaban J connectivity index is 0.00000225. The van der Waals surface area contributed by atoms with E-state index in [-0.39, 0.29) is 17.8 Å². The molecule has 5 nitrogen and oxygen atoms in total. The monoisotopic (exact) mass is 361 g/mol. The van der Waals surface area contributed by atoms with Gasteiger partial charge in [0.05, 0.1) is 10.8 Å². The van der Waals surface area contributed by atoms with E-state index in [1.54, 1.807) is 42.5 Å². The van der Waals surface area contributed by atoms with Crippen LogP contribution < -0.4 is 15.9 Å². The molecule has 2 N–H and O–H groups in total. The quantitative estimate of drug-likeness (QED) is 0.435. The lowest BCUT2D eigenvalue weighted by Crippen LogP contribution is -2.35. The van der Waals surface area contributed by atoms with Crippen LogP contribution in [-0.2, 0) is 4.79 Å². The third-order valence-electron chi connectivity index (χ3n) is 3.80. The molecule has 1 heterocycles. The molecule has 1 aromatic heterocycles. The van der Waals surface area contributed by atoms with Gasteiger partial charge in [-0.25, -0.2) is 4.79 Å². The van der Waals surface area contributed by atoms with Crippen LogP contribution in [0.3, 0.4) is 0 Å². The van der Waals surface area contributed by atoms with Gasteiger partial charge in [-0.05, 0) is 36.6 Å². The molecule has 0 aliphatic carbocycles. The zero-order valence-electron chi connectivity index (χ0n) is 14.0. The van der Waals surface area contributed by atoms with Crippen LogP contribution in [0.2, 0.25) is 0 Å². The van der Waals surface area contributed by atoms with Crippen LogP contribution in [0.4, 0.5) is 0 Å². The molecule has 1 atom stereocenters. The zero-order chi connectivity index (χ0) is 17.3. The van der Waals surface area contributed by atoms with E-state index in [4.69, 9.17) is 14.9 Å². The van der Waals surface area contributed by atoms with Gasteiger partial charge in [-0.15, -0.1) is 12.4 Å². The minimum absolute atomic E-state index is 0. The maximum Gasteiger partial charge on any atom is 0.328 e. The summed E-state index contributed by atoms with van der Waals surface area (Å²) in [6.07, 6.45) is 0.548. The number of esters is 1. The number of benzene rings is 2. The predicted molar refractivity (Wildman–Crippen MR) is 100 cm³/mol. The Bertz CT molecular complexity index is 964. The Hall–Kier alpha value is -2.37. The summed E-state index contributed by atoms with van der Waals surface area (Å²) >= 11 is 0.